The van der Waals surface area contributed by atoms with Crippen LogP contribution in [0, 0.1) is 5.41 Å². The zero-order chi connectivity index (χ0) is 17.2. The van der Waals surface area contributed by atoms with Gasteiger partial charge in [0.25, 0.3) is 0 Å². The van der Waals surface area contributed by atoms with E-state index in [1.54, 1.807) is 11.8 Å². The topological polar surface area (TPSA) is 72.9 Å². The second kappa shape index (κ2) is 6.48. The van der Waals surface area contributed by atoms with Crippen molar-refractivity contribution in [2.75, 3.05) is 30.4 Å². The van der Waals surface area contributed by atoms with Gasteiger partial charge in [-0.2, -0.15) is 0 Å². The lowest BCUT2D eigenvalue weighted by Gasteiger charge is -2.25. The Morgan fingerprint density at radius 2 is 2.09 bits per heavy atom. The second-order valence-electron chi connectivity index (χ2n) is 6.72. The van der Waals surface area contributed by atoms with Crippen molar-refractivity contribution in [1.29, 1.82) is 0 Å². The third-order valence-electron chi connectivity index (χ3n) is 4.56. The van der Waals surface area contributed by atoms with E-state index < -0.39 is 11.4 Å². The molecule has 1 aromatic rings. The Morgan fingerprint density at radius 3 is 2.65 bits per heavy atom. The van der Waals surface area contributed by atoms with Crippen LogP contribution in [0.2, 0.25) is 0 Å². The molecule has 0 spiro atoms. The quantitative estimate of drug-likeness (QED) is 0.895. The van der Waals surface area contributed by atoms with Crippen LogP contribution in [0.5, 0.6) is 0 Å². The molecule has 2 rings (SSSR count). The Bertz CT molecular complexity index is 603. The third-order valence-corrected chi connectivity index (χ3v) is 4.56. The first-order valence-corrected chi connectivity index (χ1v) is 7.85. The molecule has 1 heterocycles. The number of likely N-dealkylation sites (tertiary alicyclic amines) is 1. The molecule has 0 radical (unpaired) electrons. The number of nitrogens with zero attached hydrogens (tertiary/aromatic N) is 2. The molecule has 0 bridgehead atoms. The number of rotatable bonds is 4. The van der Waals surface area contributed by atoms with Crippen LogP contribution >= 0.6 is 0 Å². The minimum absolute atomic E-state index is 0.236. The van der Waals surface area contributed by atoms with Crippen molar-refractivity contribution in [1.82, 2.24) is 4.90 Å². The zero-order valence-electron chi connectivity index (χ0n) is 14.2. The molecule has 1 unspecified atom stereocenters. The number of benzene rings is 1. The molecule has 1 atom stereocenters. The van der Waals surface area contributed by atoms with Crippen molar-refractivity contribution >= 4 is 23.4 Å². The molecule has 0 aromatic heterocycles. The van der Waals surface area contributed by atoms with Crippen LogP contribution in [0.3, 0.4) is 0 Å². The van der Waals surface area contributed by atoms with E-state index in [0.717, 1.165) is 5.69 Å². The lowest BCUT2D eigenvalue weighted by Crippen LogP contribution is -2.37. The van der Waals surface area contributed by atoms with Gasteiger partial charge in [-0.25, -0.2) is 4.79 Å². The number of anilines is 2. The van der Waals surface area contributed by atoms with E-state index in [0.29, 0.717) is 24.7 Å². The summed E-state index contributed by atoms with van der Waals surface area (Å²) in [5.74, 6) is -0.853. The Hall–Kier alpha value is -2.24. The normalized spacial score (nSPS) is 20.7. The van der Waals surface area contributed by atoms with Gasteiger partial charge in [-0.3, -0.25) is 4.79 Å². The third kappa shape index (κ3) is 3.75. The van der Waals surface area contributed by atoms with Gasteiger partial charge in [0, 0.05) is 37.6 Å². The number of urea groups is 1. The molecule has 1 aliphatic heterocycles. The minimum atomic E-state index is -0.853. The molecule has 1 aliphatic rings. The van der Waals surface area contributed by atoms with Gasteiger partial charge >= 0.3 is 12.0 Å². The van der Waals surface area contributed by atoms with Crippen molar-refractivity contribution in [2.24, 2.45) is 5.41 Å². The average Bonchev–Trinajstić information content (AvgIpc) is 2.91. The van der Waals surface area contributed by atoms with Crippen molar-refractivity contribution in [3.63, 3.8) is 0 Å². The first-order valence-electron chi connectivity index (χ1n) is 7.85. The minimum Gasteiger partial charge on any atom is -0.481 e. The maximum atomic E-state index is 12.3. The molecule has 2 amide bonds. The van der Waals surface area contributed by atoms with Crippen LogP contribution in [0.25, 0.3) is 0 Å². The highest BCUT2D eigenvalue weighted by molar-refractivity contribution is 5.91. The summed E-state index contributed by atoms with van der Waals surface area (Å²) in [6.07, 6.45) is 0.478. The predicted octanol–water partition coefficient (Wildman–Crippen LogP) is 2.86. The lowest BCUT2D eigenvalue weighted by atomic mass is 9.90. The highest BCUT2D eigenvalue weighted by atomic mass is 16.4. The van der Waals surface area contributed by atoms with E-state index in [1.165, 1.54) is 0 Å². The molecule has 23 heavy (non-hydrogen) atoms. The number of nitrogens with one attached hydrogen (secondary N) is 1. The summed E-state index contributed by atoms with van der Waals surface area (Å²) < 4.78 is 0. The standard InChI is InChI=1S/C17H25N3O3/c1-12(2)19(4)14-7-5-6-13(10-14)18-16(23)20-9-8-17(3,11-20)15(21)22/h5-7,10,12H,8-9,11H2,1-4H3,(H,18,23)(H,21,22). The fourth-order valence-corrected chi connectivity index (χ4v) is 2.61. The molecular formula is C17H25N3O3. The Kier molecular flexibility index (Phi) is 4.82. The maximum Gasteiger partial charge on any atom is 0.321 e. The maximum absolute atomic E-state index is 12.3. The highest BCUT2D eigenvalue weighted by Crippen LogP contribution is 2.30. The van der Waals surface area contributed by atoms with Crippen LogP contribution in [0.4, 0.5) is 16.2 Å². The summed E-state index contributed by atoms with van der Waals surface area (Å²) in [6.45, 7) is 6.57. The monoisotopic (exact) mass is 319 g/mol. The van der Waals surface area contributed by atoms with Crippen LogP contribution in [-0.4, -0.2) is 48.2 Å². The van der Waals surface area contributed by atoms with E-state index >= 15 is 0 Å². The predicted molar refractivity (Wildman–Crippen MR) is 90.9 cm³/mol. The highest BCUT2D eigenvalue weighted by Gasteiger charge is 2.42. The Morgan fingerprint density at radius 1 is 1.39 bits per heavy atom. The van der Waals surface area contributed by atoms with Gasteiger partial charge in [0.2, 0.25) is 0 Å². The number of hydrogen-bond acceptors (Lipinski definition) is 3. The number of carboxylic acids is 1. The van der Waals surface area contributed by atoms with E-state index in [4.69, 9.17) is 0 Å². The fraction of sp³-hybridized carbons (Fsp3) is 0.529. The summed E-state index contributed by atoms with van der Waals surface area (Å²) >= 11 is 0. The lowest BCUT2D eigenvalue weighted by molar-refractivity contribution is -0.146. The number of carboxylic acid groups (broad SMARTS) is 1. The number of aliphatic carboxylic acids is 1. The average molecular weight is 319 g/mol. The molecule has 2 N–H and O–H groups in total. The SMILES string of the molecule is CC(C)N(C)c1cccc(NC(=O)N2CCC(C)(C(=O)O)C2)c1. The van der Waals surface area contributed by atoms with Gasteiger partial charge < -0.3 is 20.2 Å². The smallest absolute Gasteiger partial charge is 0.321 e. The van der Waals surface area contributed by atoms with Crippen LogP contribution < -0.4 is 10.2 Å². The van der Waals surface area contributed by atoms with Crippen LogP contribution in [0.1, 0.15) is 27.2 Å². The van der Waals surface area contributed by atoms with Crippen molar-refractivity contribution in [3.05, 3.63) is 24.3 Å². The fourth-order valence-electron chi connectivity index (χ4n) is 2.61. The molecule has 0 saturated carbocycles. The Labute approximate surface area is 137 Å². The summed E-state index contributed by atoms with van der Waals surface area (Å²) in [5, 5.41) is 12.1. The van der Waals surface area contributed by atoms with E-state index in [2.05, 4.69) is 24.1 Å². The molecule has 0 aliphatic carbocycles. The van der Waals surface area contributed by atoms with Gasteiger partial charge in [0.15, 0.2) is 0 Å². The zero-order valence-corrected chi connectivity index (χ0v) is 14.2. The van der Waals surface area contributed by atoms with E-state index in [-0.39, 0.29) is 12.6 Å². The van der Waals surface area contributed by atoms with Crippen LogP contribution in [-0.2, 0) is 4.79 Å². The molecular weight excluding hydrogens is 294 g/mol. The molecule has 1 saturated heterocycles. The van der Waals surface area contributed by atoms with Crippen molar-refractivity contribution in [3.8, 4) is 0 Å². The molecule has 126 valence electrons. The summed E-state index contributed by atoms with van der Waals surface area (Å²) in [4.78, 5) is 27.3. The summed E-state index contributed by atoms with van der Waals surface area (Å²) in [5.41, 5.74) is 0.885. The van der Waals surface area contributed by atoms with Gasteiger partial charge in [0.1, 0.15) is 0 Å². The first kappa shape index (κ1) is 17.1. The summed E-state index contributed by atoms with van der Waals surface area (Å²) in [7, 11) is 2.00. The van der Waals surface area contributed by atoms with Crippen molar-refractivity contribution in [2.45, 2.75) is 33.2 Å². The van der Waals surface area contributed by atoms with Crippen molar-refractivity contribution < 1.29 is 14.7 Å². The van der Waals surface area contributed by atoms with Crippen LogP contribution in [0.15, 0.2) is 24.3 Å². The van der Waals surface area contributed by atoms with E-state index in [9.17, 15) is 14.7 Å². The number of amides is 2. The molecule has 1 fully saturated rings. The summed E-state index contributed by atoms with van der Waals surface area (Å²) in [6, 6.07) is 7.75. The molecule has 6 heteroatoms. The van der Waals surface area contributed by atoms with E-state index in [1.807, 2.05) is 31.3 Å². The van der Waals surface area contributed by atoms with Gasteiger partial charge in [-0.1, -0.05) is 6.07 Å². The number of hydrogen-bond donors (Lipinski definition) is 2. The van der Waals surface area contributed by atoms with Gasteiger partial charge in [-0.05, 0) is 45.4 Å². The second-order valence-corrected chi connectivity index (χ2v) is 6.72. The molecule has 1 aromatic carbocycles. The van der Waals surface area contributed by atoms with Gasteiger partial charge in [-0.15, -0.1) is 0 Å². The Balaban J connectivity index is 2.04. The number of carbonyl (C=O) groups is 2. The number of carbonyl (C=O) groups excluding carboxylic acids is 1. The first-order chi connectivity index (χ1) is 10.7. The molecule has 6 nitrogen and oxygen atoms in total. The van der Waals surface area contributed by atoms with Gasteiger partial charge in [0.05, 0.1) is 5.41 Å². The largest absolute Gasteiger partial charge is 0.481 e.